The van der Waals surface area contributed by atoms with Gasteiger partial charge >= 0.3 is 0 Å². The van der Waals surface area contributed by atoms with E-state index >= 15 is 0 Å². The summed E-state index contributed by atoms with van der Waals surface area (Å²) in [7, 11) is 1.66. The van der Waals surface area contributed by atoms with Gasteiger partial charge in [0.05, 0.1) is 7.11 Å². The lowest BCUT2D eigenvalue weighted by molar-refractivity contribution is 0.414. The van der Waals surface area contributed by atoms with Crippen LogP contribution in [0.4, 0.5) is 11.6 Å². The van der Waals surface area contributed by atoms with E-state index < -0.39 is 0 Å². The van der Waals surface area contributed by atoms with Crippen LogP contribution in [0.5, 0.6) is 5.75 Å². The van der Waals surface area contributed by atoms with Crippen LogP contribution < -0.4 is 15.4 Å². The summed E-state index contributed by atoms with van der Waals surface area (Å²) >= 11 is 5.92. The Morgan fingerprint density at radius 1 is 0.846 bits per heavy atom. The fourth-order valence-electron chi connectivity index (χ4n) is 2.48. The minimum absolute atomic E-state index is 0.672. The van der Waals surface area contributed by atoms with Crippen molar-refractivity contribution in [2.75, 3.05) is 17.7 Å². The Morgan fingerprint density at radius 3 is 1.85 bits per heavy atom. The molecule has 134 valence electrons. The van der Waals surface area contributed by atoms with Gasteiger partial charge in [0.25, 0.3) is 0 Å². The smallest absolute Gasteiger partial charge is 0.132 e. The standard InChI is InChI=1S/C20H21ClN4O/c1-14-24-19(22-12-15-3-7-17(21)8-4-15)11-20(25-14)23-13-16-5-9-18(26-2)10-6-16/h3-11H,12-13H2,1-2H3,(H2,22,23,24,25). The first-order chi connectivity index (χ1) is 12.6. The number of nitrogens with zero attached hydrogens (tertiary/aromatic N) is 2. The third-order valence-corrected chi connectivity index (χ3v) is 4.11. The largest absolute Gasteiger partial charge is 0.497 e. The maximum atomic E-state index is 5.92. The van der Waals surface area contributed by atoms with E-state index in [1.165, 1.54) is 0 Å². The highest BCUT2D eigenvalue weighted by Gasteiger charge is 2.03. The molecule has 2 N–H and O–H groups in total. The van der Waals surface area contributed by atoms with E-state index in [4.69, 9.17) is 16.3 Å². The molecule has 5 nitrogen and oxygen atoms in total. The predicted molar refractivity (Wildman–Crippen MR) is 106 cm³/mol. The molecule has 0 aliphatic rings. The molecule has 0 unspecified atom stereocenters. The fraction of sp³-hybridized carbons (Fsp3) is 0.200. The summed E-state index contributed by atoms with van der Waals surface area (Å²) in [6.07, 6.45) is 0. The number of methoxy groups -OCH3 is 1. The van der Waals surface area contributed by atoms with Crippen LogP contribution in [-0.4, -0.2) is 17.1 Å². The van der Waals surface area contributed by atoms with E-state index in [1.807, 2.05) is 61.5 Å². The summed E-state index contributed by atoms with van der Waals surface area (Å²) in [4.78, 5) is 8.88. The minimum Gasteiger partial charge on any atom is -0.497 e. The number of rotatable bonds is 7. The van der Waals surface area contributed by atoms with Crippen molar-refractivity contribution in [3.63, 3.8) is 0 Å². The van der Waals surface area contributed by atoms with Crippen LogP contribution in [0.1, 0.15) is 17.0 Å². The number of benzene rings is 2. The second-order valence-electron chi connectivity index (χ2n) is 5.87. The summed E-state index contributed by atoms with van der Waals surface area (Å²) in [6, 6.07) is 17.6. The number of anilines is 2. The quantitative estimate of drug-likeness (QED) is 0.634. The number of hydrogen-bond acceptors (Lipinski definition) is 5. The summed E-state index contributed by atoms with van der Waals surface area (Å²) < 4.78 is 5.18. The minimum atomic E-state index is 0.672. The van der Waals surface area contributed by atoms with Gasteiger partial charge in [-0.1, -0.05) is 35.9 Å². The zero-order chi connectivity index (χ0) is 18.4. The third kappa shape index (κ3) is 5.10. The van der Waals surface area contributed by atoms with Gasteiger partial charge in [0.15, 0.2) is 0 Å². The molecule has 0 atom stereocenters. The fourth-order valence-corrected chi connectivity index (χ4v) is 2.61. The number of ether oxygens (including phenoxy) is 1. The summed E-state index contributed by atoms with van der Waals surface area (Å²) in [5.74, 6) is 3.13. The van der Waals surface area contributed by atoms with E-state index in [-0.39, 0.29) is 0 Å². The maximum Gasteiger partial charge on any atom is 0.132 e. The lowest BCUT2D eigenvalue weighted by Gasteiger charge is -2.11. The number of aromatic nitrogens is 2. The second kappa shape index (κ2) is 8.54. The van der Waals surface area contributed by atoms with Crippen molar-refractivity contribution in [2.45, 2.75) is 20.0 Å². The lowest BCUT2D eigenvalue weighted by atomic mass is 10.2. The number of hydrogen-bond donors (Lipinski definition) is 2. The van der Waals surface area contributed by atoms with Crippen molar-refractivity contribution in [1.29, 1.82) is 0 Å². The summed E-state index contributed by atoms with van der Waals surface area (Å²) in [5.41, 5.74) is 2.29. The van der Waals surface area contributed by atoms with Crippen molar-refractivity contribution in [3.05, 3.63) is 76.6 Å². The van der Waals surface area contributed by atoms with Gasteiger partial charge in [-0.15, -0.1) is 0 Å². The first kappa shape index (κ1) is 18.0. The van der Waals surface area contributed by atoms with E-state index in [0.717, 1.165) is 33.5 Å². The lowest BCUT2D eigenvalue weighted by Crippen LogP contribution is -2.07. The molecule has 1 heterocycles. The Balaban J connectivity index is 1.61. The molecule has 6 heteroatoms. The average Bonchev–Trinajstić information content (AvgIpc) is 2.66. The molecule has 3 rings (SSSR count). The van der Waals surface area contributed by atoms with E-state index in [9.17, 15) is 0 Å². The van der Waals surface area contributed by atoms with Crippen molar-refractivity contribution in [1.82, 2.24) is 9.97 Å². The Labute approximate surface area is 158 Å². The van der Waals surface area contributed by atoms with Crippen molar-refractivity contribution < 1.29 is 4.74 Å². The van der Waals surface area contributed by atoms with Gasteiger partial charge in [0.2, 0.25) is 0 Å². The van der Waals surface area contributed by atoms with Crippen LogP contribution in [0.15, 0.2) is 54.6 Å². The first-order valence-electron chi connectivity index (χ1n) is 8.33. The molecular weight excluding hydrogens is 348 g/mol. The predicted octanol–water partition coefficient (Wildman–Crippen LogP) is 4.67. The SMILES string of the molecule is COc1ccc(CNc2cc(NCc3ccc(Cl)cc3)nc(C)n2)cc1. The van der Waals surface area contributed by atoms with Crippen LogP contribution >= 0.6 is 11.6 Å². The van der Waals surface area contributed by atoms with Crippen LogP contribution in [0, 0.1) is 6.92 Å². The van der Waals surface area contributed by atoms with Gasteiger partial charge in [-0.05, 0) is 42.3 Å². The van der Waals surface area contributed by atoms with Gasteiger partial charge in [-0.25, -0.2) is 9.97 Å². The van der Waals surface area contributed by atoms with Crippen LogP contribution in [-0.2, 0) is 13.1 Å². The highest BCUT2D eigenvalue weighted by atomic mass is 35.5. The Hall–Kier alpha value is -2.79. The van der Waals surface area contributed by atoms with Gasteiger partial charge in [0, 0.05) is 24.2 Å². The molecule has 0 saturated carbocycles. The van der Waals surface area contributed by atoms with Crippen LogP contribution in [0.3, 0.4) is 0 Å². The molecule has 26 heavy (non-hydrogen) atoms. The highest BCUT2D eigenvalue weighted by molar-refractivity contribution is 6.30. The molecule has 0 amide bonds. The Morgan fingerprint density at radius 2 is 1.35 bits per heavy atom. The van der Waals surface area contributed by atoms with E-state index in [1.54, 1.807) is 7.11 Å². The molecule has 0 aliphatic heterocycles. The van der Waals surface area contributed by atoms with Gasteiger partial charge < -0.3 is 15.4 Å². The maximum absolute atomic E-state index is 5.92. The van der Waals surface area contributed by atoms with Gasteiger partial charge in [-0.2, -0.15) is 0 Å². The molecule has 0 radical (unpaired) electrons. The third-order valence-electron chi connectivity index (χ3n) is 3.86. The molecule has 0 aliphatic carbocycles. The van der Waals surface area contributed by atoms with Gasteiger partial charge in [-0.3, -0.25) is 0 Å². The van der Waals surface area contributed by atoms with Crippen LogP contribution in [0.2, 0.25) is 5.02 Å². The monoisotopic (exact) mass is 368 g/mol. The molecule has 2 aromatic carbocycles. The number of halogens is 1. The second-order valence-corrected chi connectivity index (χ2v) is 6.30. The molecule has 3 aromatic rings. The highest BCUT2D eigenvalue weighted by Crippen LogP contribution is 2.16. The first-order valence-corrected chi connectivity index (χ1v) is 8.71. The van der Waals surface area contributed by atoms with E-state index in [0.29, 0.717) is 18.9 Å². The summed E-state index contributed by atoms with van der Waals surface area (Å²) in [5, 5.41) is 7.39. The summed E-state index contributed by atoms with van der Waals surface area (Å²) in [6.45, 7) is 3.23. The van der Waals surface area contributed by atoms with Crippen molar-refractivity contribution in [3.8, 4) is 5.75 Å². The van der Waals surface area contributed by atoms with Crippen LogP contribution in [0.25, 0.3) is 0 Å². The van der Waals surface area contributed by atoms with Crippen molar-refractivity contribution >= 4 is 23.2 Å². The van der Waals surface area contributed by atoms with Crippen molar-refractivity contribution in [2.24, 2.45) is 0 Å². The average molecular weight is 369 g/mol. The zero-order valence-electron chi connectivity index (χ0n) is 14.8. The molecule has 0 bridgehead atoms. The molecule has 0 fully saturated rings. The zero-order valence-corrected chi connectivity index (χ0v) is 15.5. The Kier molecular flexibility index (Phi) is 5.92. The van der Waals surface area contributed by atoms with Gasteiger partial charge in [0.1, 0.15) is 23.2 Å². The topological polar surface area (TPSA) is 59.1 Å². The molecular formula is C20H21ClN4O. The molecule has 0 saturated heterocycles. The number of nitrogens with one attached hydrogen (secondary N) is 2. The number of aryl methyl sites for hydroxylation is 1. The van der Waals surface area contributed by atoms with E-state index in [2.05, 4.69) is 20.6 Å². The normalized spacial score (nSPS) is 10.4. The molecule has 1 aromatic heterocycles. The molecule has 0 spiro atoms. The Bertz CT molecular complexity index is 851.